The molecular weight excluding hydrogens is 500 g/mol. The molecule has 2 aromatic heterocycles. The van der Waals surface area contributed by atoms with Crippen molar-refractivity contribution < 1.29 is 19.1 Å². The minimum Gasteiger partial charge on any atom is -0.474 e. The van der Waals surface area contributed by atoms with E-state index in [4.69, 9.17) is 15.2 Å². The van der Waals surface area contributed by atoms with Crippen LogP contribution in [0.1, 0.15) is 64.7 Å². The Kier molecular flexibility index (Phi) is 7.48. The largest absolute Gasteiger partial charge is 0.474 e. The fourth-order valence-electron chi connectivity index (χ4n) is 5.44. The summed E-state index contributed by atoms with van der Waals surface area (Å²) < 4.78 is 11.2. The Morgan fingerprint density at radius 2 is 1.82 bits per heavy atom. The van der Waals surface area contributed by atoms with Gasteiger partial charge in [-0.25, -0.2) is 9.97 Å². The summed E-state index contributed by atoms with van der Waals surface area (Å²) in [4.78, 5) is 42.4. The number of nitrogens with zero attached hydrogens (tertiary/aromatic N) is 5. The third-order valence-corrected chi connectivity index (χ3v) is 7.69. The quantitative estimate of drug-likeness (QED) is 0.456. The van der Waals surface area contributed by atoms with E-state index in [0.29, 0.717) is 36.2 Å². The zero-order valence-electron chi connectivity index (χ0n) is 24.1. The van der Waals surface area contributed by atoms with Crippen molar-refractivity contribution in [2.24, 2.45) is 5.73 Å². The summed E-state index contributed by atoms with van der Waals surface area (Å²) in [6.45, 7) is 13.0. The molecule has 4 rings (SSSR count). The van der Waals surface area contributed by atoms with E-state index in [1.54, 1.807) is 38.1 Å². The van der Waals surface area contributed by atoms with E-state index >= 15 is 0 Å². The van der Waals surface area contributed by atoms with Gasteiger partial charge in [-0.15, -0.1) is 0 Å². The number of carbonyl (C=O) groups is 2. The summed E-state index contributed by atoms with van der Waals surface area (Å²) in [6.07, 6.45) is 4.71. The van der Waals surface area contributed by atoms with Crippen molar-refractivity contribution in [2.75, 3.05) is 42.8 Å². The predicted octanol–water partition coefficient (Wildman–Crippen LogP) is 2.93. The molecule has 0 saturated carbocycles. The van der Waals surface area contributed by atoms with E-state index in [1.807, 2.05) is 0 Å². The fourth-order valence-corrected chi connectivity index (χ4v) is 5.44. The van der Waals surface area contributed by atoms with E-state index in [1.165, 1.54) is 6.20 Å². The highest BCUT2D eigenvalue weighted by molar-refractivity contribution is 6.01. The molecule has 12 heteroatoms. The third-order valence-electron chi connectivity index (χ3n) is 7.69. The van der Waals surface area contributed by atoms with Crippen molar-refractivity contribution in [2.45, 2.75) is 77.1 Å². The monoisotopic (exact) mass is 540 g/mol. The molecule has 1 saturated heterocycles. The maximum atomic E-state index is 12.9. The van der Waals surface area contributed by atoms with Gasteiger partial charge in [0.15, 0.2) is 17.2 Å². The number of nitrogens with one attached hydrogen (secondary N) is 2. The molecule has 1 fully saturated rings. The van der Waals surface area contributed by atoms with Crippen LogP contribution >= 0.6 is 0 Å². The van der Waals surface area contributed by atoms with Crippen molar-refractivity contribution in [1.29, 1.82) is 0 Å². The van der Waals surface area contributed by atoms with Gasteiger partial charge in [-0.05, 0) is 61.4 Å². The average Bonchev–Trinajstić information content (AvgIpc) is 2.82. The highest BCUT2D eigenvalue weighted by atomic mass is 16.5. The topological polar surface area (TPSA) is 148 Å². The Labute approximate surface area is 229 Å². The van der Waals surface area contributed by atoms with Gasteiger partial charge >= 0.3 is 0 Å². The first-order chi connectivity index (χ1) is 18.1. The molecular formula is C27H40N8O4. The van der Waals surface area contributed by atoms with Crippen LogP contribution in [0.3, 0.4) is 0 Å². The van der Waals surface area contributed by atoms with Crippen molar-refractivity contribution in [3.05, 3.63) is 24.0 Å². The number of methoxy groups -OCH3 is 1. The minimum absolute atomic E-state index is 0.0541. The summed E-state index contributed by atoms with van der Waals surface area (Å²) in [5.74, 6) is 0.702. The van der Waals surface area contributed by atoms with E-state index in [9.17, 15) is 9.59 Å². The number of primary amides is 1. The average molecular weight is 541 g/mol. The molecule has 2 amide bonds. The number of hydrogen-bond acceptors (Lipinski definition) is 10. The number of anilines is 4. The van der Waals surface area contributed by atoms with Crippen LogP contribution < -0.4 is 26.0 Å². The Morgan fingerprint density at radius 1 is 1.15 bits per heavy atom. The number of carbonyl (C=O) groups excluding carboxylic acids is 2. The summed E-state index contributed by atoms with van der Waals surface area (Å²) >= 11 is 0. The van der Waals surface area contributed by atoms with E-state index in [-0.39, 0.29) is 34.5 Å². The zero-order valence-corrected chi connectivity index (χ0v) is 24.1. The predicted molar refractivity (Wildman–Crippen MR) is 150 cm³/mol. The molecule has 0 unspecified atom stereocenters. The highest BCUT2D eigenvalue weighted by Gasteiger charge is 2.44. The molecule has 0 aromatic carbocycles. The first kappa shape index (κ1) is 28.5. The number of rotatable bonds is 8. The first-order valence-corrected chi connectivity index (χ1v) is 13.1. The number of likely N-dealkylation sites (tertiary alicyclic amines) is 1. The van der Waals surface area contributed by atoms with E-state index in [2.05, 4.69) is 65.2 Å². The lowest BCUT2D eigenvalue weighted by molar-refractivity contribution is -0.132. The highest BCUT2D eigenvalue weighted by Crippen LogP contribution is 2.39. The lowest BCUT2D eigenvalue weighted by Gasteiger charge is -2.53. The van der Waals surface area contributed by atoms with Gasteiger partial charge in [-0.2, -0.15) is 4.98 Å². The molecule has 2 aromatic rings. The van der Waals surface area contributed by atoms with Crippen molar-refractivity contribution in [3.8, 4) is 5.75 Å². The van der Waals surface area contributed by atoms with E-state index in [0.717, 1.165) is 12.8 Å². The molecule has 0 radical (unpaired) electrons. The van der Waals surface area contributed by atoms with Crippen molar-refractivity contribution in [3.63, 3.8) is 0 Å². The molecule has 212 valence electrons. The second kappa shape index (κ2) is 10.2. The Morgan fingerprint density at radius 3 is 2.44 bits per heavy atom. The Bertz CT molecular complexity index is 1240. The molecule has 0 spiro atoms. The number of hydrogen-bond donors (Lipinski definition) is 3. The van der Waals surface area contributed by atoms with Gasteiger partial charge in [0.25, 0.3) is 11.8 Å². The first-order valence-electron chi connectivity index (χ1n) is 13.1. The summed E-state index contributed by atoms with van der Waals surface area (Å²) in [7, 11) is 3.72. The number of nitrogens with two attached hydrogens (primary N) is 1. The Hall–Kier alpha value is -3.51. The van der Waals surface area contributed by atoms with Crippen LogP contribution in [0.25, 0.3) is 0 Å². The van der Waals surface area contributed by atoms with Crippen LogP contribution in [-0.4, -0.2) is 81.7 Å². The lowest BCUT2D eigenvalue weighted by atomic mass is 9.77. The maximum Gasteiger partial charge on any atom is 0.271 e. The van der Waals surface area contributed by atoms with Crippen LogP contribution in [0.5, 0.6) is 5.75 Å². The fraction of sp³-hybridized carbons (Fsp3) is 0.593. The van der Waals surface area contributed by atoms with Gasteiger partial charge in [0, 0.05) is 36.5 Å². The normalized spacial score (nSPS) is 20.2. The molecule has 0 atom stereocenters. The van der Waals surface area contributed by atoms with Crippen LogP contribution in [0.4, 0.5) is 23.3 Å². The lowest BCUT2D eigenvalue weighted by Crippen LogP contribution is -2.61. The number of fused-ring (bicyclic) bond motifs is 1. The molecule has 2 aliphatic heterocycles. The summed E-state index contributed by atoms with van der Waals surface area (Å²) in [6, 6.07) is 1.82. The third kappa shape index (κ3) is 5.76. The van der Waals surface area contributed by atoms with E-state index < -0.39 is 11.5 Å². The second-order valence-corrected chi connectivity index (χ2v) is 12.0. The molecule has 4 N–H and O–H groups in total. The molecule has 4 heterocycles. The van der Waals surface area contributed by atoms with Gasteiger partial charge < -0.3 is 25.8 Å². The van der Waals surface area contributed by atoms with Crippen molar-refractivity contribution in [1.82, 2.24) is 19.9 Å². The van der Waals surface area contributed by atoms with Crippen LogP contribution in [0, 0.1) is 0 Å². The van der Waals surface area contributed by atoms with Gasteiger partial charge in [-0.1, -0.05) is 0 Å². The zero-order chi connectivity index (χ0) is 28.8. The van der Waals surface area contributed by atoms with Gasteiger partial charge in [0.1, 0.15) is 5.82 Å². The number of amides is 2. The molecule has 39 heavy (non-hydrogen) atoms. The minimum atomic E-state index is -1.06. The maximum absolute atomic E-state index is 12.9. The second-order valence-electron chi connectivity index (χ2n) is 12.0. The van der Waals surface area contributed by atoms with Gasteiger partial charge in [0.2, 0.25) is 5.95 Å². The number of pyridine rings is 1. The molecule has 12 nitrogen and oxygen atoms in total. The van der Waals surface area contributed by atoms with Crippen LogP contribution in [0.15, 0.2) is 18.5 Å². The van der Waals surface area contributed by atoms with Gasteiger partial charge in [0.05, 0.1) is 30.6 Å². The van der Waals surface area contributed by atoms with Crippen LogP contribution in [-0.2, 0) is 9.53 Å². The number of ether oxygens (including phenoxy) is 2. The molecule has 0 aliphatic carbocycles. The van der Waals surface area contributed by atoms with Crippen molar-refractivity contribution >= 4 is 35.1 Å². The van der Waals surface area contributed by atoms with Gasteiger partial charge in [-0.3, -0.25) is 19.4 Å². The number of aromatic nitrogens is 3. The summed E-state index contributed by atoms with van der Waals surface area (Å²) in [5, 5.41) is 6.61. The standard InChI is InChI=1S/C27H40N8O4/c1-25(2)12-17(13-26(3,4)34(25)7)31-21-18(20(28)36)15-30-24(33-21)32-16-11-19-22(29-14-16)35(9-10-38-8)23(37)27(5,6)39-19/h11,14-15,17H,9-10,12-13H2,1-8H3,(H2,28,36)(H2,30,31,32,33). The molecule has 0 bridgehead atoms. The molecule has 2 aliphatic rings. The SMILES string of the molecule is COCCN1C(=O)C(C)(C)Oc2cc(Nc3ncc(C(N)=O)c(NC4CC(C)(C)N(C)C(C)(C)C4)n3)cnc21. The smallest absolute Gasteiger partial charge is 0.271 e. The summed E-state index contributed by atoms with van der Waals surface area (Å²) in [5.41, 5.74) is 5.26. The Balaban J connectivity index is 1.60. The van der Waals surface area contributed by atoms with Crippen LogP contribution in [0.2, 0.25) is 0 Å². The number of piperidine rings is 1.